The molecular formula is C16H19FN2. The Kier molecular flexibility index (Phi) is 4.05. The maximum Gasteiger partial charge on any atom is 0.125 e. The first-order valence-electron chi connectivity index (χ1n) is 6.44. The molecule has 19 heavy (non-hydrogen) atoms. The fourth-order valence-electron chi connectivity index (χ4n) is 2.11. The Bertz CT molecular complexity index is 549. The summed E-state index contributed by atoms with van der Waals surface area (Å²) < 4.78 is 13.0. The molecule has 0 atom stereocenters. The van der Waals surface area contributed by atoms with E-state index in [2.05, 4.69) is 31.2 Å². The minimum Gasteiger partial charge on any atom is -0.397 e. The molecule has 2 nitrogen and oxygen atoms in total. The highest BCUT2D eigenvalue weighted by Crippen LogP contribution is 2.24. The van der Waals surface area contributed by atoms with Gasteiger partial charge < -0.3 is 10.6 Å². The van der Waals surface area contributed by atoms with Crippen LogP contribution in [0.2, 0.25) is 0 Å². The number of hydrogen-bond acceptors (Lipinski definition) is 2. The minimum absolute atomic E-state index is 0.304. The highest BCUT2D eigenvalue weighted by atomic mass is 19.1. The number of anilines is 2. The molecule has 0 spiro atoms. The van der Waals surface area contributed by atoms with Gasteiger partial charge in [-0.2, -0.15) is 0 Å². The van der Waals surface area contributed by atoms with E-state index in [1.165, 1.54) is 23.3 Å². The number of halogens is 1. The van der Waals surface area contributed by atoms with Gasteiger partial charge in [0.05, 0.1) is 11.4 Å². The topological polar surface area (TPSA) is 29.3 Å². The van der Waals surface area contributed by atoms with E-state index in [4.69, 9.17) is 5.73 Å². The van der Waals surface area contributed by atoms with Gasteiger partial charge in [0.25, 0.3) is 0 Å². The molecule has 3 heteroatoms. The average molecular weight is 258 g/mol. The molecule has 0 aliphatic carbocycles. The van der Waals surface area contributed by atoms with Crippen molar-refractivity contribution in [3.05, 3.63) is 59.4 Å². The van der Waals surface area contributed by atoms with Crippen molar-refractivity contribution in [2.75, 3.05) is 17.7 Å². The molecule has 0 aliphatic rings. The Hall–Kier alpha value is -2.03. The number of hydrogen-bond donors (Lipinski definition) is 1. The van der Waals surface area contributed by atoms with Crippen molar-refractivity contribution >= 4 is 11.4 Å². The zero-order chi connectivity index (χ0) is 13.8. The summed E-state index contributed by atoms with van der Waals surface area (Å²) >= 11 is 0. The van der Waals surface area contributed by atoms with E-state index in [0.29, 0.717) is 5.69 Å². The smallest absolute Gasteiger partial charge is 0.125 e. The summed E-state index contributed by atoms with van der Waals surface area (Å²) in [4.78, 5) is 2.02. The molecule has 2 aromatic rings. The second-order valence-corrected chi connectivity index (χ2v) is 4.73. The van der Waals surface area contributed by atoms with Crippen molar-refractivity contribution in [3.8, 4) is 0 Å². The van der Waals surface area contributed by atoms with E-state index in [9.17, 15) is 4.39 Å². The molecule has 0 unspecified atom stereocenters. The monoisotopic (exact) mass is 258 g/mol. The average Bonchev–Trinajstić information content (AvgIpc) is 2.39. The van der Waals surface area contributed by atoms with Crippen LogP contribution in [0.3, 0.4) is 0 Å². The normalized spacial score (nSPS) is 10.5. The molecule has 0 amide bonds. The van der Waals surface area contributed by atoms with Gasteiger partial charge in [0, 0.05) is 13.6 Å². The van der Waals surface area contributed by atoms with Crippen molar-refractivity contribution in [1.82, 2.24) is 0 Å². The third-order valence-electron chi connectivity index (χ3n) is 3.25. The first-order valence-corrected chi connectivity index (χ1v) is 6.44. The zero-order valence-corrected chi connectivity index (χ0v) is 11.4. The minimum atomic E-state index is -0.304. The summed E-state index contributed by atoms with van der Waals surface area (Å²) in [6, 6.07) is 13.0. The molecule has 2 N–H and O–H groups in total. The molecule has 0 saturated heterocycles. The SMILES string of the molecule is CCc1ccc(CN(C)c2ccc(F)cc2N)cc1. The Balaban J connectivity index is 2.13. The number of nitrogens with zero attached hydrogens (tertiary/aromatic N) is 1. The van der Waals surface area contributed by atoms with E-state index < -0.39 is 0 Å². The van der Waals surface area contributed by atoms with Gasteiger partial charge in [0.2, 0.25) is 0 Å². The molecule has 2 rings (SSSR count). The second-order valence-electron chi connectivity index (χ2n) is 4.73. The number of nitrogens with two attached hydrogens (primary N) is 1. The highest BCUT2D eigenvalue weighted by molar-refractivity contribution is 5.67. The van der Waals surface area contributed by atoms with Crippen LogP contribution in [0.15, 0.2) is 42.5 Å². The predicted octanol–water partition coefficient (Wildman–Crippen LogP) is 3.61. The molecule has 0 fully saturated rings. The third-order valence-corrected chi connectivity index (χ3v) is 3.25. The second kappa shape index (κ2) is 5.74. The number of benzene rings is 2. The molecule has 0 heterocycles. The van der Waals surface area contributed by atoms with Crippen molar-refractivity contribution < 1.29 is 4.39 Å². The number of rotatable bonds is 4. The third kappa shape index (κ3) is 3.25. The van der Waals surface area contributed by atoms with Crippen LogP contribution in [-0.2, 0) is 13.0 Å². The highest BCUT2D eigenvalue weighted by Gasteiger charge is 2.07. The van der Waals surface area contributed by atoms with Crippen LogP contribution in [0, 0.1) is 5.82 Å². The van der Waals surface area contributed by atoms with E-state index in [0.717, 1.165) is 18.7 Å². The van der Waals surface area contributed by atoms with E-state index in [-0.39, 0.29) is 5.82 Å². The van der Waals surface area contributed by atoms with Gasteiger partial charge in [-0.25, -0.2) is 4.39 Å². The Morgan fingerprint density at radius 2 is 1.68 bits per heavy atom. The fourth-order valence-corrected chi connectivity index (χ4v) is 2.11. The lowest BCUT2D eigenvalue weighted by Gasteiger charge is -2.21. The number of nitrogen functional groups attached to an aromatic ring is 1. The molecule has 0 aliphatic heterocycles. The summed E-state index contributed by atoms with van der Waals surface area (Å²) in [6.07, 6.45) is 1.04. The zero-order valence-electron chi connectivity index (χ0n) is 11.4. The molecule has 100 valence electrons. The van der Waals surface area contributed by atoms with E-state index >= 15 is 0 Å². The molecular weight excluding hydrogens is 239 g/mol. The Morgan fingerprint density at radius 3 is 2.26 bits per heavy atom. The van der Waals surface area contributed by atoms with Crippen molar-refractivity contribution in [1.29, 1.82) is 0 Å². The first kappa shape index (κ1) is 13.4. The van der Waals surface area contributed by atoms with Crippen LogP contribution in [0.4, 0.5) is 15.8 Å². The van der Waals surface area contributed by atoms with E-state index in [1.807, 2.05) is 11.9 Å². The van der Waals surface area contributed by atoms with Crippen molar-refractivity contribution in [2.45, 2.75) is 19.9 Å². The summed E-state index contributed by atoms with van der Waals surface area (Å²) in [7, 11) is 1.96. The van der Waals surface area contributed by atoms with Gasteiger partial charge in [0.15, 0.2) is 0 Å². The van der Waals surface area contributed by atoms with Crippen molar-refractivity contribution in [2.24, 2.45) is 0 Å². The summed E-state index contributed by atoms with van der Waals surface area (Å²) in [5.41, 5.74) is 9.69. The molecule has 0 aromatic heterocycles. The standard InChI is InChI=1S/C16H19FN2/c1-3-12-4-6-13(7-5-12)11-19(2)16-9-8-14(17)10-15(16)18/h4-10H,3,11,18H2,1-2H3. The quantitative estimate of drug-likeness (QED) is 0.849. The lowest BCUT2D eigenvalue weighted by molar-refractivity contribution is 0.628. The van der Waals surface area contributed by atoms with Gasteiger partial charge >= 0.3 is 0 Å². The lowest BCUT2D eigenvalue weighted by atomic mass is 10.1. The van der Waals surface area contributed by atoms with Gasteiger partial charge in [-0.3, -0.25) is 0 Å². The lowest BCUT2D eigenvalue weighted by Crippen LogP contribution is -2.17. The van der Waals surface area contributed by atoms with Gasteiger partial charge in [-0.1, -0.05) is 31.2 Å². The van der Waals surface area contributed by atoms with Gasteiger partial charge in [-0.15, -0.1) is 0 Å². The summed E-state index contributed by atoms with van der Waals surface area (Å²) in [5.74, 6) is -0.304. The van der Waals surface area contributed by atoms with Crippen LogP contribution >= 0.6 is 0 Å². The summed E-state index contributed by atoms with van der Waals surface area (Å²) in [6.45, 7) is 2.89. The first-order chi connectivity index (χ1) is 9.10. The van der Waals surface area contributed by atoms with Crippen molar-refractivity contribution in [3.63, 3.8) is 0 Å². The maximum absolute atomic E-state index is 13.0. The maximum atomic E-state index is 13.0. The summed E-state index contributed by atoms with van der Waals surface area (Å²) in [5, 5.41) is 0. The van der Waals surface area contributed by atoms with Crippen LogP contribution < -0.4 is 10.6 Å². The van der Waals surface area contributed by atoms with Crippen LogP contribution in [-0.4, -0.2) is 7.05 Å². The predicted molar refractivity (Wildman–Crippen MR) is 78.7 cm³/mol. The molecule has 0 saturated carbocycles. The fraction of sp³-hybridized carbons (Fsp3) is 0.250. The van der Waals surface area contributed by atoms with Crippen LogP contribution in [0.25, 0.3) is 0 Å². The molecule has 2 aromatic carbocycles. The van der Waals surface area contributed by atoms with Gasteiger partial charge in [-0.05, 0) is 35.7 Å². The Morgan fingerprint density at radius 1 is 1.05 bits per heavy atom. The largest absolute Gasteiger partial charge is 0.397 e. The van der Waals surface area contributed by atoms with Crippen LogP contribution in [0.5, 0.6) is 0 Å². The number of aryl methyl sites for hydroxylation is 1. The Labute approximate surface area is 113 Å². The van der Waals surface area contributed by atoms with Gasteiger partial charge in [0.1, 0.15) is 5.82 Å². The van der Waals surface area contributed by atoms with E-state index in [1.54, 1.807) is 6.07 Å². The molecule has 0 bridgehead atoms. The molecule has 0 radical (unpaired) electrons. The van der Waals surface area contributed by atoms with Crippen LogP contribution in [0.1, 0.15) is 18.1 Å².